The number of nitrogens with zero attached hydrogens (tertiary/aromatic N) is 3. The first-order valence-electron chi connectivity index (χ1n) is 8.15. The predicted molar refractivity (Wildman–Crippen MR) is 88.4 cm³/mol. The van der Waals surface area contributed by atoms with E-state index in [0.29, 0.717) is 19.5 Å². The number of carbonyl (C=O) groups is 2. The maximum Gasteiger partial charge on any atom is 0.328 e. The first-order chi connectivity index (χ1) is 11.1. The molecule has 4 atom stereocenters. The van der Waals surface area contributed by atoms with Gasteiger partial charge in [0.05, 0.1) is 13.0 Å². The van der Waals surface area contributed by atoms with Gasteiger partial charge in [-0.3, -0.25) is 9.69 Å². The molecule has 2 unspecified atom stereocenters. The molecule has 0 aliphatic carbocycles. The molecule has 2 heterocycles. The third-order valence-electron chi connectivity index (χ3n) is 4.85. The molecular formula is C15H27N3O5S. The molecule has 0 aromatic carbocycles. The predicted octanol–water partition coefficient (Wildman–Crippen LogP) is -0.434. The topological polar surface area (TPSA) is 87.0 Å². The summed E-state index contributed by atoms with van der Waals surface area (Å²) in [6.07, 6.45) is 0.477. The Labute approximate surface area is 143 Å². The summed E-state index contributed by atoms with van der Waals surface area (Å²) in [5.41, 5.74) is 0. The highest BCUT2D eigenvalue weighted by molar-refractivity contribution is 7.90. The summed E-state index contributed by atoms with van der Waals surface area (Å²) in [6.45, 7) is 4.76. The van der Waals surface area contributed by atoms with Crippen LogP contribution in [0.2, 0.25) is 0 Å². The third-order valence-corrected chi connectivity index (χ3v) is 7.09. The molecule has 2 aliphatic rings. The van der Waals surface area contributed by atoms with E-state index < -0.39 is 33.3 Å². The van der Waals surface area contributed by atoms with Crippen molar-refractivity contribution in [1.29, 1.82) is 0 Å². The lowest BCUT2D eigenvalue weighted by Crippen LogP contribution is -2.49. The van der Waals surface area contributed by atoms with Gasteiger partial charge in [-0.15, -0.1) is 0 Å². The van der Waals surface area contributed by atoms with E-state index in [4.69, 9.17) is 4.74 Å². The zero-order chi connectivity index (χ0) is 18.2. The maximum absolute atomic E-state index is 12.7. The van der Waals surface area contributed by atoms with Crippen LogP contribution in [0, 0.1) is 11.8 Å². The number of rotatable bonds is 6. The molecule has 8 nitrogen and oxygen atoms in total. The number of amides is 1. The van der Waals surface area contributed by atoms with Gasteiger partial charge in [0.25, 0.3) is 0 Å². The lowest BCUT2D eigenvalue weighted by molar-refractivity contribution is -0.155. The summed E-state index contributed by atoms with van der Waals surface area (Å²) in [6, 6.07) is -0.664. The van der Waals surface area contributed by atoms with Crippen molar-refractivity contribution >= 4 is 21.9 Å². The quantitative estimate of drug-likeness (QED) is 0.471. The Morgan fingerprint density at radius 2 is 1.83 bits per heavy atom. The number of sulfonamides is 1. The fourth-order valence-corrected chi connectivity index (χ4v) is 5.25. The Kier molecular flexibility index (Phi) is 5.56. The lowest BCUT2D eigenvalue weighted by Gasteiger charge is -2.30. The summed E-state index contributed by atoms with van der Waals surface area (Å²) in [7, 11) is 1.27. The normalized spacial score (nSPS) is 28.7. The Bertz CT molecular complexity index is 606. The van der Waals surface area contributed by atoms with Gasteiger partial charge in [-0.2, -0.15) is 4.31 Å². The van der Waals surface area contributed by atoms with Crippen LogP contribution in [-0.2, 0) is 24.3 Å². The second-order valence-corrected chi connectivity index (χ2v) is 9.03. The van der Waals surface area contributed by atoms with Crippen molar-refractivity contribution in [2.24, 2.45) is 11.8 Å². The average molecular weight is 361 g/mol. The van der Waals surface area contributed by atoms with Crippen LogP contribution in [-0.4, -0.2) is 86.7 Å². The SMILES string of the molecule is COC(=O)[C@H](C(C)C)N(C)C(=O)[C@H]1CCN(S(=O)(=O)C2CN2C)C1. The first kappa shape index (κ1) is 19.1. The fourth-order valence-electron chi connectivity index (χ4n) is 3.28. The summed E-state index contributed by atoms with van der Waals surface area (Å²) >= 11 is 0. The van der Waals surface area contributed by atoms with Gasteiger partial charge in [0, 0.05) is 26.7 Å². The van der Waals surface area contributed by atoms with E-state index >= 15 is 0 Å². The molecule has 2 rings (SSSR count). The van der Waals surface area contributed by atoms with Crippen LogP contribution in [0.15, 0.2) is 0 Å². The highest BCUT2D eigenvalue weighted by atomic mass is 32.2. The summed E-state index contributed by atoms with van der Waals surface area (Å²) in [5, 5.41) is -0.456. The summed E-state index contributed by atoms with van der Waals surface area (Å²) < 4.78 is 31.0. The number of likely N-dealkylation sites (N-methyl/N-ethyl adjacent to an activating group) is 2. The minimum atomic E-state index is -3.37. The molecule has 0 saturated carbocycles. The Balaban J connectivity index is 2.04. The Morgan fingerprint density at radius 1 is 1.25 bits per heavy atom. The van der Waals surface area contributed by atoms with Crippen LogP contribution in [0.3, 0.4) is 0 Å². The molecule has 0 bridgehead atoms. The molecule has 2 aliphatic heterocycles. The fraction of sp³-hybridized carbons (Fsp3) is 0.867. The number of esters is 1. The third kappa shape index (κ3) is 3.57. The average Bonchev–Trinajstić information content (AvgIpc) is 3.06. The zero-order valence-corrected chi connectivity index (χ0v) is 15.7. The second kappa shape index (κ2) is 6.97. The molecule has 0 spiro atoms. The van der Waals surface area contributed by atoms with Gasteiger partial charge >= 0.3 is 5.97 Å². The Hall–Kier alpha value is -1.19. The minimum absolute atomic E-state index is 0.0900. The van der Waals surface area contributed by atoms with Crippen molar-refractivity contribution in [3.8, 4) is 0 Å². The van der Waals surface area contributed by atoms with Gasteiger partial charge in [-0.05, 0) is 19.4 Å². The maximum atomic E-state index is 12.7. The van der Waals surface area contributed by atoms with Gasteiger partial charge in [0.15, 0.2) is 0 Å². The van der Waals surface area contributed by atoms with Crippen molar-refractivity contribution in [3.63, 3.8) is 0 Å². The van der Waals surface area contributed by atoms with Crippen LogP contribution < -0.4 is 0 Å². The molecule has 24 heavy (non-hydrogen) atoms. The zero-order valence-electron chi connectivity index (χ0n) is 14.9. The van der Waals surface area contributed by atoms with E-state index in [9.17, 15) is 18.0 Å². The number of ether oxygens (including phenoxy) is 1. The van der Waals surface area contributed by atoms with E-state index in [-0.39, 0.29) is 18.4 Å². The van der Waals surface area contributed by atoms with Gasteiger partial charge in [-0.1, -0.05) is 13.8 Å². The highest BCUT2D eigenvalue weighted by Gasteiger charge is 2.48. The molecule has 0 N–H and O–H groups in total. The van der Waals surface area contributed by atoms with Crippen molar-refractivity contribution < 1.29 is 22.7 Å². The van der Waals surface area contributed by atoms with Gasteiger partial charge in [-0.25, -0.2) is 13.2 Å². The van der Waals surface area contributed by atoms with Crippen LogP contribution in [0.1, 0.15) is 20.3 Å². The second-order valence-electron chi connectivity index (χ2n) is 6.94. The smallest absolute Gasteiger partial charge is 0.328 e. The van der Waals surface area contributed by atoms with Crippen molar-refractivity contribution in [2.75, 3.05) is 40.8 Å². The number of hydrogen-bond donors (Lipinski definition) is 0. The molecule has 138 valence electrons. The monoisotopic (exact) mass is 361 g/mol. The summed E-state index contributed by atoms with van der Waals surface area (Å²) in [4.78, 5) is 27.8. The van der Waals surface area contributed by atoms with Crippen LogP contribution in [0.4, 0.5) is 0 Å². The van der Waals surface area contributed by atoms with Crippen LogP contribution >= 0.6 is 0 Å². The minimum Gasteiger partial charge on any atom is -0.467 e. The molecule has 2 fully saturated rings. The number of carbonyl (C=O) groups excluding carboxylic acids is 2. The van der Waals surface area contributed by atoms with E-state index in [1.54, 1.807) is 19.0 Å². The van der Waals surface area contributed by atoms with Gasteiger partial charge < -0.3 is 9.64 Å². The number of methoxy groups -OCH3 is 1. The lowest BCUT2D eigenvalue weighted by atomic mass is 10.00. The standard InChI is InChI=1S/C15H27N3O5S/c1-10(2)13(15(20)23-5)17(4)14(19)11-6-7-18(8-11)24(21,22)12-9-16(12)3/h10-13H,6-9H2,1-5H3/t11-,12?,13-,16?/m0/s1. The molecule has 1 amide bonds. The van der Waals surface area contributed by atoms with E-state index in [1.807, 2.05) is 13.8 Å². The molecule has 2 saturated heterocycles. The van der Waals surface area contributed by atoms with Gasteiger partial charge in [0.2, 0.25) is 15.9 Å². The first-order valence-corrected chi connectivity index (χ1v) is 9.65. The van der Waals surface area contributed by atoms with Crippen molar-refractivity contribution in [3.05, 3.63) is 0 Å². The van der Waals surface area contributed by atoms with Crippen molar-refractivity contribution in [1.82, 2.24) is 14.1 Å². The molecule has 9 heteroatoms. The van der Waals surface area contributed by atoms with Crippen LogP contribution in [0.25, 0.3) is 0 Å². The highest BCUT2D eigenvalue weighted by Crippen LogP contribution is 2.29. The van der Waals surface area contributed by atoms with E-state index in [2.05, 4.69) is 0 Å². The Morgan fingerprint density at radius 3 is 2.29 bits per heavy atom. The molecule has 0 aromatic rings. The molecule has 0 aromatic heterocycles. The van der Waals surface area contributed by atoms with Crippen LogP contribution in [0.5, 0.6) is 0 Å². The van der Waals surface area contributed by atoms with E-state index in [1.165, 1.54) is 16.3 Å². The molecular weight excluding hydrogens is 334 g/mol. The number of hydrogen-bond acceptors (Lipinski definition) is 6. The molecule has 0 radical (unpaired) electrons. The van der Waals surface area contributed by atoms with Crippen molar-refractivity contribution in [2.45, 2.75) is 31.7 Å². The summed E-state index contributed by atoms with van der Waals surface area (Å²) in [5.74, 6) is -1.17. The van der Waals surface area contributed by atoms with Gasteiger partial charge in [0.1, 0.15) is 11.4 Å². The largest absolute Gasteiger partial charge is 0.467 e. The van der Waals surface area contributed by atoms with E-state index in [0.717, 1.165) is 0 Å².